The van der Waals surface area contributed by atoms with Crippen molar-refractivity contribution in [1.29, 1.82) is 0 Å². The Hall–Kier alpha value is -1.25. The summed E-state index contributed by atoms with van der Waals surface area (Å²) in [6.45, 7) is 6.66. The van der Waals surface area contributed by atoms with Gasteiger partial charge in [-0.05, 0) is 44.2 Å². The lowest BCUT2D eigenvalue weighted by Crippen LogP contribution is -1.93. The Morgan fingerprint density at radius 2 is 1.15 bits per heavy atom. The van der Waals surface area contributed by atoms with Crippen LogP contribution in [0.1, 0.15) is 113 Å². The van der Waals surface area contributed by atoms with Crippen molar-refractivity contribution in [3.05, 3.63) is 22.6 Å². The van der Waals surface area contributed by atoms with Gasteiger partial charge in [-0.1, -0.05) is 64.7 Å². The van der Waals surface area contributed by atoms with E-state index in [-0.39, 0.29) is 0 Å². The lowest BCUT2D eigenvalue weighted by atomic mass is 10.0. The highest BCUT2D eigenvalue weighted by Crippen LogP contribution is 2.25. The van der Waals surface area contributed by atoms with E-state index in [2.05, 4.69) is 20.8 Å². The van der Waals surface area contributed by atoms with E-state index in [0.29, 0.717) is 6.42 Å². The molecule has 0 saturated carbocycles. The Labute approximate surface area is 160 Å². The molecule has 1 aromatic heterocycles. The average molecular weight is 365 g/mol. The van der Waals surface area contributed by atoms with Crippen molar-refractivity contribution in [2.45, 2.75) is 117 Å². The molecule has 3 nitrogen and oxygen atoms in total. The minimum absolute atomic E-state index is 0.325. The number of aliphatic carboxylic acids is 1. The normalized spacial score (nSPS) is 11.2. The number of rotatable bonds is 16. The molecule has 26 heavy (non-hydrogen) atoms. The van der Waals surface area contributed by atoms with Crippen molar-refractivity contribution in [3.8, 4) is 0 Å². The minimum Gasteiger partial charge on any atom is -0.481 e. The lowest BCUT2D eigenvalue weighted by molar-refractivity contribution is -0.137. The predicted octanol–water partition coefficient (Wildman–Crippen LogP) is 7.16. The molecule has 3 heteroatoms. The van der Waals surface area contributed by atoms with E-state index >= 15 is 0 Å². The zero-order valence-corrected chi connectivity index (χ0v) is 17.4. The van der Waals surface area contributed by atoms with E-state index < -0.39 is 5.97 Å². The molecule has 150 valence electrons. The standard InChI is InChI=1S/C23H40O3/c1-4-5-13-16-21-19(2)20(3)22(26-21)17-14-11-9-7-6-8-10-12-15-18-23(24)25/h4-18H2,1-3H3,(H,24,25). The highest BCUT2D eigenvalue weighted by molar-refractivity contribution is 5.66. The Bertz CT molecular complexity index is 502. The SMILES string of the molecule is CCCCCc1oc(CCCCCCCCCCCC(=O)O)c(C)c1C. The second-order valence-electron chi connectivity index (χ2n) is 7.73. The van der Waals surface area contributed by atoms with Crippen molar-refractivity contribution in [2.75, 3.05) is 0 Å². The van der Waals surface area contributed by atoms with Crippen molar-refractivity contribution < 1.29 is 14.3 Å². The van der Waals surface area contributed by atoms with Gasteiger partial charge in [-0.25, -0.2) is 0 Å². The van der Waals surface area contributed by atoms with Gasteiger partial charge in [0.2, 0.25) is 0 Å². The first-order chi connectivity index (χ1) is 12.6. The molecule has 0 unspecified atom stereocenters. The van der Waals surface area contributed by atoms with Crippen LogP contribution in [0.15, 0.2) is 4.42 Å². The van der Waals surface area contributed by atoms with Crippen LogP contribution in [0.25, 0.3) is 0 Å². The summed E-state index contributed by atoms with van der Waals surface area (Å²) < 4.78 is 6.15. The van der Waals surface area contributed by atoms with Gasteiger partial charge in [0.1, 0.15) is 11.5 Å². The molecule has 0 radical (unpaired) electrons. The molecule has 0 aliphatic heterocycles. The third kappa shape index (κ3) is 9.45. The van der Waals surface area contributed by atoms with Crippen LogP contribution in [0.5, 0.6) is 0 Å². The van der Waals surface area contributed by atoms with Crippen LogP contribution < -0.4 is 0 Å². The number of hydrogen-bond donors (Lipinski definition) is 1. The average Bonchev–Trinajstić information content (AvgIpc) is 2.88. The summed E-state index contributed by atoms with van der Waals surface area (Å²) in [6.07, 6.45) is 17.0. The number of carbonyl (C=O) groups is 1. The predicted molar refractivity (Wildman–Crippen MR) is 109 cm³/mol. The summed E-state index contributed by atoms with van der Waals surface area (Å²) in [6, 6.07) is 0. The van der Waals surface area contributed by atoms with Crippen LogP contribution in [0, 0.1) is 13.8 Å². The van der Waals surface area contributed by atoms with Crippen LogP contribution in [0.3, 0.4) is 0 Å². The number of aryl methyl sites for hydroxylation is 2. The fourth-order valence-electron chi connectivity index (χ4n) is 3.53. The maximum atomic E-state index is 10.4. The number of furan rings is 1. The van der Waals surface area contributed by atoms with E-state index in [9.17, 15) is 4.79 Å². The maximum Gasteiger partial charge on any atom is 0.303 e. The first-order valence-electron chi connectivity index (χ1n) is 10.9. The molecule has 0 saturated heterocycles. The largest absolute Gasteiger partial charge is 0.481 e. The van der Waals surface area contributed by atoms with Gasteiger partial charge in [0.05, 0.1) is 0 Å². The highest BCUT2D eigenvalue weighted by Gasteiger charge is 2.12. The summed E-state index contributed by atoms with van der Waals surface area (Å²) in [5, 5.41) is 8.59. The van der Waals surface area contributed by atoms with E-state index in [4.69, 9.17) is 9.52 Å². The van der Waals surface area contributed by atoms with E-state index in [1.54, 1.807) is 0 Å². The first kappa shape index (κ1) is 22.8. The molecule has 0 fully saturated rings. The van der Waals surface area contributed by atoms with Crippen molar-refractivity contribution in [2.24, 2.45) is 0 Å². The fourth-order valence-corrected chi connectivity index (χ4v) is 3.53. The molecule has 0 atom stereocenters. The Morgan fingerprint density at radius 3 is 1.62 bits per heavy atom. The van der Waals surface area contributed by atoms with Crippen molar-refractivity contribution in [3.63, 3.8) is 0 Å². The number of carboxylic acids is 1. The van der Waals surface area contributed by atoms with E-state index in [0.717, 1.165) is 25.7 Å². The second-order valence-corrected chi connectivity index (χ2v) is 7.73. The second kappa shape index (κ2) is 13.9. The third-order valence-electron chi connectivity index (χ3n) is 5.45. The molecule has 0 amide bonds. The summed E-state index contributed by atoms with van der Waals surface area (Å²) in [7, 11) is 0. The number of hydrogen-bond acceptors (Lipinski definition) is 2. The molecule has 1 N–H and O–H groups in total. The number of carboxylic acid groups (broad SMARTS) is 1. The van der Waals surface area contributed by atoms with E-state index in [1.807, 2.05) is 0 Å². The van der Waals surface area contributed by atoms with Crippen LogP contribution in [-0.2, 0) is 17.6 Å². The Balaban J connectivity index is 2.07. The molecule has 0 aliphatic carbocycles. The molecule has 0 bridgehead atoms. The molecule has 1 heterocycles. The molecular formula is C23H40O3. The summed E-state index contributed by atoms with van der Waals surface area (Å²) in [4.78, 5) is 10.4. The van der Waals surface area contributed by atoms with Crippen LogP contribution in [0.4, 0.5) is 0 Å². The maximum absolute atomic E-state index is 10.4. The van der Waals surface area contributed by atoms with Crippen LogP contribution in [0.2, 0.25) is 0 Å². The van der Waals surface area contributed by atoms with Gasteiger partial charge < -0.3 is 9.52 Å². The summed E-state index contributed by atoms with van der Waals surface area (Å²) in [5.74, 6) is 1.77. The van der Waals surface area contributed by atoms with Gasteiger partial charge in [0.25, 0.3) is 0 Å². The van der Waals surface area contributed by atoms with Crippen LogP contribution >= 0.6 is 0 Å². The lowest BCUT2D eigenvalue weighted by Gasteiger charge is -2.02. The zero-order valence-electron chi connectivity index (χ0n) is 17.4. The molecule has 1 rings (SSSR count). The minimum atomic E-state index is -0.667. The van der Waals surface area contributed by atoms with Gasteiger partial charge in [-0.3, -0.25) is 4.79 Å². The van der Waals surface area contributed by atoms with Crippen molar-refractivity contribution in [1.82, 2.24) is 0 Å². The van der Waals surface area contributed by atoms with Gasteiger partial charge >= 0.3 is 5.97 Å². The summed E-state index contributed by atoms with van der Waals surface area (Å²) >= 11 is 0. The molecule has 0 spiro atoms. The van der Waals surface area contributed by atoms with Gasteiger partial charge in [0.15, 0.2) is 0 Å². The van der Waals surface area contributed by atoms with Crippen LogP contribution in [-0.4, -0.2) is 11.1 Å². The monoisotopic (exact) mass is 364 g/mol. The summed E-state index contributed by atoms with van der Waals surface area (Å²) in [5.41, 5.74) is 2.75. The molecule has 0 aliphatic rings. The highest BCUT2D eigenvalue weighted by atomic mass is 16.4. The zero-order chi connectivity index (χ0) is 19.2. The smallest absolute Gasteiger partial charge is 0.303 e. The fraction of sp³-hybridized carbons (Fsp3) is 0.783. The molecule has 0 aromatic carbocycles. The van der Waals surface area contributed by atoms with Gasteiger partial charge in [0, 0.05) is 19.3 Å². The molecule has 1 aromatic rings. The first-order valence-corrected chi connectivity index (χ1v) is 10.9. The quantitative estimate of drug-likeness (QED) is 0.317. The van der Waals surface area contributed by atoms with E-state index in [1.165, 1.54) is 86.9 Å². The van der Waals surface area contributed by atoms with Gasteiger partial charge in [-0.15, -0.1) is 0 Å². The Morgan fingerprint density at radius 1 is 0.731 bits per heavy atom. The van der Waals surface area contributed by atoms with Crippen molar-refractivity contribution >= 4 is 5.97 Å². The number of unbranched alkanes of at least 4 members (excludes halogenated alkanes) is 10. The Kier molecular flexibility index (Phi) is 12.2. The third-order valence-corrected chi connectivity index (χ3v) is 5.45. The molecular weight excluding hydrogens is 324 g/mol. The van der Waals surface area contributed by atoms with Gasteiger partial charge in [-0.2, -0.15) is 0 Å². The topological polar surface area (TPSA) is 50.4 Å².